The number of benzene rings is 7. The zero-order valence-corrected chi connectivity index (χ0v) is 25.4. The van der Waals surface area contributed by atoms with Gasteiger partial charge < -0.3 is 4.98 Å². The molecule has 1 aliphatic heterocycles. The van der Waals surface area contributed by atoms with Crippen LogP contribution in [0.5, 0.6) is 0 Å². The zero-order chi connectivity index (χ0) is 29.7. The molecule has 0 aliphatic carbocycles. The van der Waals surface area contributed by atoms with Gasteiger partial charge in [-0.1, -0.05) is 140 Å². The lowest BCUT2D eigenvalue weighted by Gasteiger charge is -2.13. The summed E-state index contributed by atoms with van der Waals surface area (Å²) in [4.78, 5) is 3.71. The van der Waals surface area contributed by atoms with Gasteiger partial charge in [-0.3, -0.25) is 10.6 Å². The van der Waals surface area contributed by atoms with Crippen molar-refractivity contribution in [1.29, 1.82) is 0 Å². The van der Waals surface area contributed by atoms with Gasteiger partial charge in [-0.15, -0.1) is 11.3 Å². The summed E-state index contributed by atoms with van der Waals surface area (Å²) in [6.07, 6.45) is 0.265. The van der Waals surface area contributed by atoms with E-state index >= 15 is 0 Å². The van der Waals surface area contributed by atoms with Gasteiger partial charge >= 0.3 is 0 Å². The molecule has 45 heavy (non-hydrogen) atoms. The number of hydrogen-bond donors (Lipinski definition) is 3. The molecule has 1 saturated heterocycles. The van der Waals surface area contributed by atoms with E-state index in [1.165, 1.54) is 74.6 Å². The largest absolute Gasteiger partial charge is 0.354 e. The second kappa shape index (κ2) is 10.9. The van der Waals surface area contributed by atoms with Crippen molar-refractivity contribution in [2.75, 3.05) is 6.54 Å². The fraction of sp³-hybridized carbons (Fsp3) is 0.0732. The maximum absolute atomic E-state index is 3.71. The summed E-state index contributed by atoms with van der Waals surface area (Å²) < 4.78 is 2.77. The van der Waals surface area contributed by atoms with Crippen molar-refractivity contribution >= 4 is 74.9 Å². The topological polar surface area (TPSA) is 39.8 Å². The molecule has 4 heteroatoms. The van der Waals surface area contributed by atoms with Gasteiger partial charge in [-0.25, -0.2) is 0 Å². The Morgan fingerprint density at radius 3 is 1.93 bits per heavy atom. The number of fused-ring (bicyclic) bond motifs is 12. The van der Waals surface area contributed by atoms with E-state index in [2.05, 4.69) is 155 Å². The van der Waals surface area contributed by atoms with Crippen LogP contribution in [0.4, 0.5) is 0 Å². The van der Waals surface area contributed by atoms with E-state index in [1.807, 2.05) is 17.4 Å². The van der Waals surface area contributed by atoms with Crippen molar-refractivity contribution in [2.45, 2.75) is 12.2 Å². The monoisotopic (exact) mass is 597 g/mol. The smallest absolute Gasteiger partial charge is 0.0841 e. The number of H-pyrrole nitrogens is 1. The third-order valence-electron chi connectivity index (χ3n) is 9.21. The first-order chi connectivity index (χ1) is 22.3. The highest BCUT2D eigenvalue weighted by Crippen LogP contribution is 2.47. The lowest BCUT2D eigenvalue weighted by atomic mass is 9.98. The maximum atomic E-state index is 3.71. The van der Waals surface area contributed by atoms with Crippen molar-refractivity contribution in [2.24, 2.45) is 0 Å². The van der Waals surface area contributed by atoms with Crippen molar-refractivity contribution in [3.8, 4) is 0 Å². The molecule has 0 bridgehead atoms. The number of nitrogens with one attached hydrogen (secondary N) is 3. The van der Waals surface area contributed by atoms with Crippen LogP contribution >= 0.6 is 11.3 Å². The van der Waals surface area contributed by atoms with Crippen LogP contribution in [0.3, 0.4) is 0 Å². The van der Waals surface area contributed by atoms with Gasteiger partial charge in [-0.05, 0) is 28.0 Å². The molecule has 1 fully saturated rings. The highest BCUT2D eigenvalue weighted by molar-refractivity contribution is 7.27. The van der Waals surface area contributed by atoms with E-state index in [4.69, 9.17) is 0 Å². The fourth-order valence-electron chi connectivity index (χ4n) is 7.08. The molecule has 0 radical (unpaired) electrons. The predicted molar refractivity (Wildman–Crippen MR) is 193 cm³/mol. The SMILES string of the molecule is c1ccc(C2CNC(c3ccccc3)N2)cc1.c1ccc2c(c1)ccc1c2sc2c3ccccc3c3[nH]c4ccccc4c3c12. The average molecular weight is 598 g/mol. The third-order valence-corrected chi connectivity index (χ3v) is 10.5. The molecule has 7 aromatic carbocycles. The normalized spacial score (nSPS) is 16.6. The van der Waals surface area contributed by atoms with Gasteiger partial charge in [0.2, 0.25) is 0 Å². The summed E-state index contributed by atoms with van der Waals surface area (Å²) in [5.74, 6) is 0. The van der Waals surface area contributed by atoms with Crippen molar-refractivity contribution in [3.63, 3.8) is 0 Å². The first kappa shape index (κ1) is 26.4. The molecule has 9 aromatic rings. The van der Waals surface area contributed by atoms with Crippen molar-refractivity contribution in [3.05, 3.63) is 157 Å². The molecule has 2 atom stereocenters. The van der Waals surface area contributed by atoms with Gasteiger partial charge in [0, 0.05) is 59.8 Å². The van der Waals surface area contributed by atoms with Gasteiger partial charge in [0.05, 0.1) is 11.7 Å². The Morgan fingerprint density at radius 1 is 0.489 bits per heavy atom. The van der Waals surface area contributed by atoms with Crippen LogP contribution in [0.1, 0.15) is 23.3 Å². The number of hydrogen-bond acceptors (Lipinski definition) is 3. The molecule has 216 valence electrons. The number of thiophene rings is 1. The Labute approximate surface area is 265 Å². The van der Waals surface area contributed by atoms with Crippen LogP contribution in [0.2, 0.25) is 0 Å². The lowest BCUT2D eigenvalue weighted by molar-refractivity contribution is 0.554. The molecule has 0 saturated carbocycles. The van der Waals surface area contributed by atoms with Crippen molar-refractivity contribution in [1.82, 2.24) is 15.6 Å². The van der Waals surface area contributed by atoms with E-state index in [0.717, 1.165) is 6.54 Å². The van der Waals surface area contributed by atoms with Gasteiger partial charge in [0.15, 0.2) is 0 Å². The van der Waals surface area contributed by atoms with E-state index in [0.29, 0.717) is 6.04 Å². The minimum Gasteiger partial charge on any atom is -0.354 e. The zero-order valence-electron chi connectivity index (χ0n) is 24.6. The number of aromatic nitrogens is 1. The van der Waals surface area contributed by atoms with Crippen LogP contribution in [0, 0.1) is 0 Å². The number of para-hydroxylation sites is 1. The number of aromatic amines is 1. The molecule has 2 aromatic heterocycles. The van der Waals surface area contributed by atoms with Crippen LogP contribution in [0.25, 0.3) is 63.5 Å². The highest BCUT2D eigenvalue weighted by atomic mass is 32.1. The lowest BCUT2D eigenvalue weighted by Crippen LogP contribution is -2.21. The van der Waals surface area contributed by atoms with Crippen LogP contribution in [0.15, 0.2) is 146 Å². The van der Waals surface area contributed by atoms with Crippen LogP contribution < -0.4 is 10.6 Å². The fourth-order valence-corrected chi connectivity index (χ4v) is 8.46. The van der Waals surface area contributed by atoms with Crippen LogP contribution in [-0.4, -0.2) is 11.5 Å². The van der Waals surface area contributed by atoms with Crippen molar-refractivity contribution < 1.29 is 0 Å². The second-order valence-corrected chi connectivity index (χ2v) is 12.8. The Kier molecular flexibility index (Phi) is 6.37. The van der Waals surface area contributed by atoms with E-state index in [9.17, 15) is 0 Å². The highest BCUT2D eigenvalue weighted by Gasteiger charge is 2.24. The third kappa shape index (κ3) is 4.41. The van der Waals surface area contributed by atoms with Gasteiger partial charge in [-0.2, -0.15) is 0 Å². The Morgan fingerprint density at radius 2 is 1.13 bits per heavy atom. The number of rotatable bonds is 2. The summed E-state index contributed by atoms with van der Waals surface area (Å²) in [5, 5.41) is 17.8. The van der Waals surface area contributed by atoms with Gasteiger partial charge in [0.25, 0.3) is 0 Å². The molecular formula is C41H31N3S. The Bertz CT molecular complexity index is 2430. The quantitative estimate of drug-likeness (QED) is 0.186. The Balaban J connectivity index is 0.000000142. The molecule has 0 spiro atoms. The van der Waals surface area contributed by atoms with E-state index in [1.54, 1.807) is 0 Å². The summed E-state index contributed by atoms with van der Waals surface area (Å²) in [6.45, 7) is 0.976. The standard InChI is InChI=1S/C26H15NS.C15H16N2/c1-2-8-16-15(7-1)13-14-20-23-22-19-11-5-6-12-21(19)27-24(22)17-9-3-4-10-18(17)26(23)28-25(16)20;1-3-7-12(8-4-1)14-11-16-15(17-14)13-9-5-2-6-10-13/h1-14,27H;1-10,14-17H,11H2. The average Bonchev–Trinajstić information content (AvgIpc) is 3.86. The van der Waals surface area contributed by atoms with E-state index < -0.39 is 0 Å². The van der Waals surface area contributed by atoms with Gasteiger partial charge in [0.1, 0.15) is 0 Å². The predicted octanol–water partition coefficient (Wildman–Crippen LogP) is 10.6. The molecule has 3 nitrogen and oxygen atoms in total. The molecular weight excluding hydrogens is 567 g/mol. The van der Waals surface area contributed by atoms with Crippen LogP contribution in [-0.2, 0) is 0 Å². The molecule has 3 heterocycles. The second-order valence-electron chi connectivity index (χ2n) is 11.8. The molecule has 1 aliphatic rings. The minimum absolute atomic E-state index is 0.265. The van der Waals surface area contributed by atoms with E-state index in [-0.39, 0.29) is 6.17 Å². The first-order valence-electron chi connectivity index (χ1n) is 15.6. The minimum atomic E-state index is 0.265. The molecule has 3 N–H and O–H groups in total. The summed E-state index contributed by atoms with van der Waals surface area (Å²) >= 11 is 1.93. The summed E-state index contributed by atoms with van der Waals surface area (Å²) in [7, 11) is 0. The first-order valence-corrected chi connectivity index (χ1v) is 16.4. The molecule has 0 amide bonds. The molecule has 10 rings (SSSR count). The maximum Gasteiger partial charge on any atom is 0.0841 e. The summed E-state index contributed by atoms with van der Waals surface area (Å²) in [6, 6.07) is 52.3. The Hall–Kier alpha value is -5.00. The molecule has 2 unspecified atom stereocenters. The summed E-state index contributed by atoms with van der Waals surface area (Å²) in [5.41, 5.74) is 5.09.